The number of nitrogens with zero attached hydrogens (tertiary/aromatic N) is 5. The van der Waals surface area contributed by atoms with Gasteiger partial charge in [-0.1, -0.05) is 16.4 Å². The summed E-state index contributed by atoms with van der Waals surface area (Å²) in [6.45, 7) is 10.9. The van der Waals surface area contributed by atoms with Crippen molar-refractivity contribution >= 4 is 22.8 Å². The third-order valence-electron chi connectivity index (χ3n) is 2.19. The van der Waals surface area contributed by atoms with E-state index in [0.717, 1.165) is 0 Å². The van der Waals surface area contributed by atoms with E-state index in [4.69, 9.17) is 10.4 Å². The van der Waals surface area contributed by atoms with Crippen molar-refractivity contribution in [3.63, 3.8) is 0 Å². The van der Waals surface area contributed by atoms with Crippen LogP contribution < -0.4 is 0 Å². The third-order valence-corrected chi connectivity index (χ3v) is 2.19. The van der Waals surface area contributed by atoms with Crippen LogP contribution >= 0.6 is 0 Å². The number of aromatic nitrogens is 1. The molecule has 1 aromatic rings. The van der Waals surface area contributed by atoms with E-state index < -0.39 is 0 Å². The molecule has 0 atom stereocenters. The molecule has 0 bridgehead atoms. The van der Waals surface area contributed by atoms with Crippen molar-refractivity contribution in [1.29, 1.82) is 0 Å². The van der Waals surface area contributed by atoms with E-state index in [1.54, 1.807) is 19.3 Å². The summed E-state index contributed by atoms with van der Waals surface area (Å²) < 4.78 is 0. The van der Waals surface area contributed by atoms with Crippen LogP contribution in [0.1, 0.15) is 34.6 Å². The van der Waals surface area contributed by atoms with Crippen molar-refractivity contribution in [2.24, 2.45) is 20.6 Å². The molecule has 0 fully saturated rings. The van der Waals surface area contributed by atoms with Gasteiger partial charge in [-0.15, -0.1) is 0 Å². The van der Waals surface area contributed by atoms with Gasteiger partial charge in [0.25, 0.3) is 0 Å². The fourth-order valence-electron chi connectivity index (χ4n) is 0.589. The molecule has 1 heterocycles. The van der Waals surface area contributed by atoms with Crippen molar-refractivity contribution in [3.05, 3.63) is 47.9 Å². The molecule has 25 heavy (non-hydrogen) atoms. The van der Waals surface area contributed by atoms with Crippen LogP contribution in [0.5, 0.6) is 0 Å². The van der Waals surface area contributed by atoms with Crippen LogP contribution in [0.15, 0.2) is 51.2 Å². The van der Waals surface area contributed by atoms with Gasteiger partial charge in [-0.05, 0) is 39.8 Å². The quantitative estimate of drug-likeness (QED) is 0.339. The SMILES string of the molecule is CC(=N\[O-])/C(C)=N/O.CC(=N\[O-])/C(C)=N/O.[CH2-]C.[Co].c1ccncc1. The van der Waals surface area contributed by atoms with Crippen molar-refractivity contribution < 1.29 is 27.2 Å². The number of pyridine rings is 1. The van der Waals surface area contributed by atoms with Gasteiger partial charge in [0.05, 0.1) is 22.8 Å². The molecular weight excluding hydrogens is 373 g/mol. The van der Waals surface area contributed by atoms with Crippen LogP contribution in [0.4, 0.5) is 0 Å². The molecule has 9 nitrogen and oxygen atoms in total. The van der Waals surface area contributed by atoms with Crippen molar-refractivity contribution in [2.45, 2.75) is 34.6 Å². The zero-order valence-corrected chi connectivity index (χ0v) is 15.9. The molecule has 0 spiro atoms. The van der Waals surface area contributed by atoms with Crippen molar-refractivity contribution in [3.8, 4) is 0 Å². The molecule has 0 aromatic carbocycles. The Kier molecular flexibility index (Phi) is 29.0. The van der Waals surface area contributed by atoms with Gasteiger partial charge in [0.2, 0.25) is 0 Å². The van der Waals surface area contributed by atoms with E-state index in [1.165, 1.54) is 27.7 Å². The van der Waals surface area contributed by atoms with Crippen LogP contribution in [0.2, 0.25) is 0 Å². The zero-order chi connectivity index (χ0) is 19.4. The first-order valence-electron chi connectivity index (χ1n) is 6.72. The summed E-state index contributed by atoms with van der Waals surface area (Å²) in [5.41, 5.74) is 0.903. The monoisotopic (exact) mass is 397 g/mol. The summed E-state index contributed by atoms with van der Waals surface area (Å²) in [4.78, 5) is 3.78. The molecule has 0 amide bonds. The Hall–Kier alpha value is -2.46. The Morgan fingerprint density at radius 1 is 0.760 bits per heavy atom. The predicted octanol–water partition coefficient (Wildman–Crippen LogP) is 3.51. The van der Waals surface area contributed by atoms with Crippen LogP contribution in [0, 0.1) is 17.3 Å². The second-order valence-corrected chi connectivity index (χ2v) is 3.75. The first kappa shape index (κ1) is 30.4. The molecule has 1 rings (SSSR count). The van der Waals surface area contributed by atoms with E-state index in [0.29, 0.717) is 0 Å². The molecular formula is C15H24CoN5O4-3. The molecule has 0 saturated carbocycles. The van der Waals surface area contributed by atoms with Gasteiger partial charge in [-0.25, -0.2) is 0 Å². The molecule has 1 radical (unpaired) electrons. The fraction of sp³-hybridized carbons (Fsp3) is 0.333. The summed E-state index contributed by atoms with van der Waals surface area (Å²) in [7, 11) is 0. The van der Waals surface area contributed by atoms with Crippen molar-refractivity contribution in [1.82, 2.24) is 4.98 Å². The minimum atomic E-state index is 0. The largest absolute Gasteiger partial charge is 0.792 e. The van der Waals surface area contributed by atoms with E-state index >= 15 is 0 Å². The van der Waals surface area contributed by atoms with Gasteiger partial charge in [0.1, 0.15) is 0 Å². The summed E-state index contributed by atoms with van der Waals surface area (Å²) in [6.07, 6.45) is 3.50. The van der Waals surface area contributed by atoms with Crippen LogP contribution in [0.25, 0.3) is 0 Å². The molecule has 145 valence electrons. The smallest absolute Gasteiger partial charge is 0.0967 e. The van der Waals surface area contributed by atoms with Gasteiger partial charge in [-0.2, -0.15) is 6.92 Å². The van der Waals surface area contributed by atoms with Crippen LogP contribution in [0.3, 0.4) is 0 Å². The molecule has 0 aliphatic rings. The molecule has 0 aliphatic carbocycles. The van der Waals surface area contributed by atoms with Gasteiger partial charge in [-0.3, -0.25) is 4.98 Å². The maximum absolute atomic E-state index is 9.63. The molecule has 10 heteroatoms. The minimum Gasteiger partial charge on any atom is -0.792 e. The Bertz CT molecular complexity index is 429. The van der Waals surface area contributed by atoms with E-state index in [9.17, 15) is 10.4 Å². The first-order valence-corrected chi connectivity index (χ1v) is 6.72. The van der Waals surface area contributed by atoms with Crippen LogP contribution in [-0.4, -0.2) is 38.2 Å². The normalized spacial score (nSPS) is 11.3. The first-order chi connectivity index (χ1) is 11.4. The minimum absolute atomic E-state index is 0. The zero-order valence-electron chi connectivity index (χ0n) is 14.9. The second-order valence-electron chi connectivity index (χ2n) is 3.75. The van der Waals surface area contributed by atoms with E-state index in [2.05, 4.69) is 32.5 Å². The Balaban J connectivity index is -0.000000124. The topological polar surface area (TPSA) is 149 Å². The van der Waals surface area contributed by atoms with Gasteiger partial charge >= 0.3 is 0 Å². The predicted molar refractivity (Wildman–Crippen MR) is 98.0 cm³/mol. The number of oxime groups is 2. The number of rotatable bonds is 2. The Labute approximate surface area is 158 Å². The molecule has 0 saturated heterocycles. The maximum Gasteiger partial charge on any atom is 0.0967 e. The Morgan fingerprint density at radius 2 is 1.08 bits per heavy atom. The van der Waals surface area contributed by atoms with Crippen LogP contribution in [-0.2, 0) is 16.8 Å². The number of hydrogen-bond donors (Lipinski definition) is 2. The average Bonchev–Trinajstić information content (AvgIpc) is 2.69. The second kappa shape index (κ2) is 23.8. The molecule has 1 aromatic heterocycles. The molecule has 0 aliphatic heterocycles. The molecule has 2 N–H and O–H groups in total. The summed E-state index contributed by atoms with van der Waals surface area (Å²) in [5.74, 6) is 0. The fourth-order valence-corrected chi connectivity index (χ4v) is 0.589. The molecule has 0 unspecified atom stereocenters. The van der Waals surface area contributed by atoms with Gasteiger partial charge in [0, 0.05) is 29.2 Å². The van der Waals surface area contributed by atoms with E-state index in [-0.39, 0.29) is 39.6 Å². The van der Waals surface area contributed by atoms with Gasteiger partial charge in [0.15, 0.2) is 0 Å². The van der Waals surface area contributed by atoms with E-state index in [1.807, 2.05) is 18.2 Å². The average molecular weight is 397 g/mol. The standard InChI is InChI=1S/C5H5N.2C4H8N2O2.C2H5.Co/c1-2-4-6-5-3-1;2*1-3(5-7)4(2)6-8;1-2;/h1-5H;2*7-8H,1-2H3;1H2,2H3;/q;;;-1;/p-2/b;2*5-3+,6-4+;;. The Morgan fingerprint density at radius 3 is 1.16 bits per heavy atom. The van der Waals surface area contributed by atoms with Crippen molar-refractivity contribution in [2.75, 3.05) is 0 Å². The number of hydrogen-bond acceptors (Lipinski definition) is 9. The summed E-state index contributed by atoms with van der Waals surface area (Å²) in [6, 6.07) is 5.72. The summed E-state index contributed by atoms with van der Waals surface area (Å²) >= 11 is 0. The summed E-state index contributed by atoms with van der Waals surface area (Å²) in [5, 5.41) is 45.8. The maximum atomic E-state index is 9.63. The third kappa shape index (κ3) is 21.5. The van der Waals surface area contributed by atoms with Gasteiger partial charge < -0.3 is 38.1 Å².